The van der Waals surface area contributed by atoms with Crippen molar-refractivity contribution in [3.63, 3.8) is 0 Å². The van der Waals surface area contributed by atoms with Gasteiger partial charge in [-0.15, -0.1) is 11.3 Å². The second-order valence-electron chi connectivity index (χ2n) is 6.03. The lowest BCUT2D eigenvalue weighted by atomic mass is 9.97. The van der Waals surface area contributed by atoms with E-state index in [-0.39, 0.29) is 24.8 Å². The molecule has 2 rings (SSSR count). The maximum absolute atomic E-state index is 12.4. The molecular formula is C16H24N4O3S2. The second-order valence-corrected chi connectivity index (χ2v) is 9.10. The average molecular weight is 385 g/mol. The van der Waals surface area contributed by atoms with Crippen LogP contribution in [-0.2, 0) is 21.4 Å². The Morgan fingerprint density at radius 3 is 2.80 bits per heavy atom. The van der Waals surface area contributed by atoms with Crippen LogP contribution >= 0.6 is 11.3 Å². The number of carbonyl (C=O) groups is 1. The summed E-state index contributed by atoms with van der Waals surface area (Å²) in [5, 5.41) is 13.6. The van der Waals surface area contributed by atoms with Crippen LogP contribution in [0.4, 0.5) is 0 Å². The molecule has 7 nitrogen and oxygen atoms in total. The first-order chi connectivity index (χ1) is 11.9. The van der Waals surface area contributed by atoms with E-state index >= 15 is 0 Å². The summed E-state index contributed by atoms with van der Waals surface area (Å²) in [5.41, 5.74) is 0. The van der Waals surface area contributed by atoms with Gasteiger partial charge in [0.1, 0.15) is 0 Å². The molecule has 1 aliphatic heterocycles. The molecule has 0 radical (unpaired) electrons. The molecule has 0 atom stereocenters. The molecule has 1 aromatic heterocycles. The number of rotatable bonds is 8. The number of hydrogen-bond acceptors (Lipinski definition) is 5. The fourth-order valence-electron chi connectivity index (χ4n) is 2.78. The Hall–Kier alpha value is -1.47. The molecule has 25 heavy (non-hydrogen) atoms. The summed E-state index contributed by atoms with van der Waals surface area (Å²) in [6, 6.07) is 5.98. The maximum atomic E-state index is 12.4. The number of nitrogens with zero attached hydrogens (tertiary/aromatic N) is 3. The highest BCUT2D eigenvalue weighted by atomic mass is 32.2. The van der Waals surface area contributed by atoms with Gasteiger partial charge in [-0.05, 0) is 30.7 Å². The number of piperidine rings is 1. The molecule has 0 unspecified atom stereocenters. The van der Waals surface area contributed by atoms with Crippen molar-refractivity contribution in [3.05, 3.63) is 22.4 Å². The van der Waals surface area contributed by atoms with Gasteiger partial charge < -0.3 is 5.32 Å². The summed E-state index contributed by atoms with van der Waals surface area (Å²) in [4.78, 5) is 13.5. The summed E-state index contributed by atoms with van der Waals surface area (Å²) in [7, 11) is -2.06. The number of thiophene rings is 1. The van der Waals surface area contributed by atoms with Crippen LogP contribution in [0, 0.1) is 17.2 Å². The van der Waals surface area contributed by atoms with Crippen molar-refractivity contribution < 1.29 is 13.2 Å². The SMILES string of the molecule is CN(CCC#N)S(=O)(=O)N1CCC(C(=O)NCCc2cccs2)CC1. The minimum Gasteiger partial charge on any atom is -0.355 e. The Balaban J connectivity index is 1.76. The molecule has 1 saturated heterocycles. The van der Waals surface area contributed by atoms with Crippen molar-refractivity contribution in [2.24, 2.45) is 5.92 Å². The van der Waals surface area contributed by atoms with E-state index in [0.717, 1.165) is 6.42 Å². The third-order valence-corrected chi connectivity index (χ3v) is 7.26. The highest BCUT2D eigenvalue weighted by Crippen LogP contribution is 2.21. The average Bonchev–Trinajstić information content (AvgIpc) is 3.13. The molecule has 1 N–H and O–H groups in total. The van der Waals surface area contributed by atoms with Crippen LogP contribution in [0.2, 0.25) is 0 Å². The zero-order valence-electron chi connectivity index (χ0n) is 14.3. The monoisotopic (exact) mass is 384 g/mol. The van der Waals surface area contributed by atoms with Crippen LogP contribution in [0.25, 0.3) is 0 Å². The lowest BCUT2D eigenvalue weighted by molar-refractivity contribution is -0.126. The summed E-state index contributed by atoms with van der Waals surface area (Å²) in [6.07, 6.45) is 2.03. The summed E-state index contributed by atoms with van der Waals surface area (Å²) in [5.74, 6) is -0.134. The van der Waals surface area contributed by atoms with Crippen LogP contribution in [0.3, 0.4) is 0 Å². The van der Waals surface area contributed by atoms with Gasteiger partial charge in [-0.2, -0.15) is 22.3 Å². The van der Waals surface area contributed by atoms with Crippen molar-refractivity contribution in [2.75, 3.05) is 33.2 Å². The molecule has 1 aromatic rings. The molecule has 1 fully saturated rings. The smallest absolute Gasteiger partial charge is 0.281 e. The van der Waals surface area contributed by atoms with E-state index in [1.54, 1.807) is 11.3 Å². The molecule has 138 valence electrons. The predicted octanol–water partition coefficient (Wildman–Crippen LogP) is 1.21. The normalized spacial score (nSPS) is 16.7. The van der Waals surface area contributed by atoms with Crippen LogP contribution in [0.15, 0.2) is 17.5 Å². The van der Waals surface area contributed by atoms with Crippen LogP contribution in [-0.4, -0.2) is 56.2 Å². The molecule has 1 aliphatic rings. The van der Waals surface area contributed by atoms with Crippen molar-refractivity contribution in [1.82, 2.24) is 13.9 Å². The fourth-order valence-corrected chi connectivity index (χ4v) is 4.87. The lowest BCUT2D eigenvalue weighted by Crippen LogP contribution is -2.48. The Labute approximate surface area is 153 Å². The topological polar surface area (TPSA) is 93.5 Å². The number of nitriles is 1. The molecule has 1 amide bonds. The number of nitrogens with one attached hydrogen (secondary N) is 1. The minimum atomic E-state index is -3.54. The van der Waals surface area contributed by atoms with Crippen LogP contribution in [0.1, 0.15) is 24.1 Å². The molecule has 2 heterocycles. The lowest BCUT2D eigenvalue weighted by Gasteiger charge is -2.33. The third kappa shape index (κ3) is 5.51. The number of amides is 1. The largest absolute Gasteiger partial charge is 0.355 e. The quantitative estimate of drug-likeness (QED) is 0.729. The van der Waals surface area contributed by atoms with E-state index in [9.17, 15) is 13.2 Å². The predicted molar refractivity (Wildman–Crippen MR) is 97.1 cm³/mol. The zero-order chi connectivity index (χ0) is 18.3. The summed E-state index contributed by atoms with van der Waals surface area (Å²) < 4.78 is 27.4. The molecule has 0 aromatic carbocycles. The number of hydrogen-bond donors (Lipinski definition) is 1. The Morgan fingerprint density at radius 1 is 1.48 bits per heavy atom. The first-order valence-corrected chi connectivity index (χ1v) is 10.6. The standard InChI is InChI=1S/C16H24N4O3S2/c1-19(10-3-8-17)25(22,23)20-11-6-14(7-12-20)16(21)18-9-5-15-4-2-13-24-15/h2,4,13-14H,3,5-7,9-12H2,1H3,(H,18,21). The van der Waals surface area contributed by atoms with Gasteiger partial charge >= 0.3 is 0 Å². The molecule has 0 aliphatic carbocycles. The highest BCUT2D eigenvalue weighted by molar-refractivity contribution is 7.86. The first-order valence-electron chi connectivity index (χ1n) is 8.33. The third-order valence-electron chi connectivity index (χ3n) is 4.33. The maximum Gasteiger partial charge on any atom is 0.281 e. The highest BCUT2D eigenvalue weighted by Gasteiger charge is 2.33. The van der Waals surface area contributed by atoms with Gasteiger partial charge in [-0.3, -0.25) is 4.79 Å². The number of carbonyl (C=O) groups excluding carboxylic acids is 1. The van der Waals surface area contributed by atoms with Crippen LogP contribution < -0.4 is 5.32 Å². The fraction of sp³-hybridized carbons (Fsp3) is 0.625. The van der Waals surface area contributed by atoms with E-state index in [1.807, 2.05) is 23.6 Å². The first kappa shape index (κ1) is 19.8. The summed E-state index contributed by atoms with van der Waals surface area (Å²) >= 11 is 1.67. The van der Waals surface area contributed by atoms with Gasteiger partial charge in [0.2, 0.25) is 5.91 Å². The molecule has 0 bridgehead atoms. The van der Waals surface area contributed by atoms with Gasteiger partial charge in [0.05, 0.1) is 6.07 Å². The summed E-state index contributed by atoms with van der Waals surface area (Å²) in [6.45, 7) is 1.46. The van der Waals surface area contributed by atoms with Crippen molar-refractivity contribution >= 4 is 27.5 Å². The van der Waals surface area contributed by atoms with E-state index < -0.39 is 10.2 Å². The van der Waals surface area contributed by atoms with E-state index in [4.69, 9.17) is 5.26 Å². The molecule has 9 heteroatoms. The molecule has 0 spiro atoms. The Bertz CT molecular complexity index is 689. The van der Waals surface area contributed by atoms with E-state index in [0.29, 0.717) is 32.5 Å². The van der Waals surface area contributed by atoms with E-state index in [1.165, 1.54) is 20.5 Å². The Morgan fingerprint density at radius 2 is 2.20 bits per heavy atom. The van der Waals surface area contributed by atoms with Gasteiger partial charge in [0, 0.05) is 50.4 Å². The zero-order valence-corrected chi connectivity index (χ0v) is 16.0. The minimum absolute atomic E-state index is 0.00596. The van der Waals surface area contributed by atoms with Crippen molar-refractivity contribution in [2.45, 2.75) is 25.7 Å². The van der Waals surface area contributed by atoms with Crippen molar-refractivity contribution in [1.29, 1.82) is 5.26 Å². The molecule has 0 saturated carbocycles. The van der Waals surface area contributed by atoms with Crippen molar-refractivity contribution in [3.8, 4) is 6.07 Å². The van der Waals surface area contributed by atoms with Gasteiger partial charge in [0.25, 0.3) is 10.2 Å². The van der Waals surface area contributed by atoms with Gasteiger partial charge in [0.15, 0.2) is 0 Å². The second kappa shape index (κ2) is 9.29. The van der Waals surface area contributed by atoms with Crippen LogP contribution in [0.5, 0.6) is 0 Å². The Kier molecular flexibility index (Phi) is 7.38. The van der Waals surface area contributed by atoms with E-state index in [2.05, 4.69) is 5.32 Å². The van der Waals surface area contributed by atoms with Gasteiger partial charge in [-0.1, -0.05) is 6.07 Å². The van der Waals surface area contributed by atoms with Gasteiger partial charge in [-0.25, -0.2) is 0 Å². The molecular weight excluding hydrogens is 360 g/mol.